The van der Waals surface area contributed by atoms with Crippen molar-refractivity contribution >= 4 is 39.5 Å². The number of ether oxygens (including phenoxy) is 2. The second kappa shape index (κ2) is 10.7. The Bertz CT molecular complexity index is 1270. The molecule has 11 nitrogen and oxygen atoms in total. The highest BCUT2D eigenvalue weighted by atomic mass is 32.2. The normalized spacial score (nSPS) is 14.2. The molecule has 0 saturated carbocycles. The summed E-state index contributed by atoms with van der Waals surface area (Å²) in [6.45, 7) is 2.27. The quantitative estimate of drug-likeness (QED) is 0.583. The maximum atomic E-state index is 13.1. The summed E-state index contributed by atoms with van der Waals surface area (Å²) < 4.78 is 36.9. The van der Waals surface area contributed by atoms with Gasteiger partial charge in [-0.1, -0.05) is 6.07 Å². The number of anilines is 1. The average molecular weight is 504 g/mol. The maximum Gasteiger partial charge on any atom is 0.339 e. The average Bonchev–Trinajstić information content (AvgIpc) is 2.87. The first-order valence-corrected chi connectivity index (χ1v) is 12.0. The van der Waals surface area contributed by atoms with Crippen LogP contribution in [0.25, 0.3) is 0 Å². The van der Waals surface area contributed by atoms with E-state index in [1.165, 1.54) is 67.9 Å². The number of nitrogens with zero attached hydrogens (tertiary/aromatic N) is 2. The first-order chi connectivity index (χ1) is 16.6. The van der Waals surface area contributed by atoms with Crippen molar-refractivity contribution in [1.82, 2.24) is 9.21 Å². The lowest BCUT2D eigenvalue weighted by Gasteiger charge is -2.33. The summed E-state index contributed by atoms with van der Waals surface area (Å²) in [7, 11) is -1.54. The van der Waals surface area contributed by atoms with Gasteiger partial charge in [-0.2, -0.15) is 4.31 Å². The number of rotatable bonds is 6. The van der Waals surface area contributed by atoms with Gasteiger partial charge >= 0.3 is 11.9 Å². The predicted octanol–water partition coefficient (Wildman–Crippen LogP) is 1.36. The predicted molar refractivity (Wildman–Crippen MR) is 125 cm³/mol. The summed E-state index contributed by atoms with van der Waals surface area (Å²) in [5.74, 6) is -2.23. The van der Waals surface area contributed by atoms with E-state index in [9.17, 15) is 27.6 Å². The van der Waals surface area contributed by atoms with Gasteiger partial charge in [0, 0.05) is 38.7 Å². The van der Waals surface area contributed by atoms with E-state index in [1.807, 2.05) is 0 Å². The van der Waals surface area contributed by atoms with Crippen LogP contribution in [0.5, 0.6) is 0 Å². The Kier molecular flexibility index (Phi) is 7.87. The third-order valence-electron chi connectivity index (χ3n) is 5.51. The fourth-order valence-corrected chi connectivity index (χ4v) is 5.03. The van der Waals surface area contributed by atoms with Crippen LogP contribution in [-0.4, -0.2) is 81.8 Å². The fourth-order valence-electron chi connectivity index (χ4n) is 3.57. The number of hydrogen-bond acceptors (Lipinski definition) is 8. The first-order valence-electron chi connectivity index (χ1n) is 10.6. The Morgan fingerprint density at radius 1 is 0.857 bits per heavy atom. The fraction of sp³-hybridized carbons (Fsp3) is 0.304. The lowest BCUT2D eigenvalue weighted by Crippen LogP contribution is -2.49. The molecule has 1 aliphatic heterocycles. The number of benzene rings is 2. The van der Waals surface area contributed by atoms with Gasteiger partial charge in [0.1, 0.15) is 0 Å². The number of carbonyl (C=O) groups excluding carboxylic acids is 4. The van der Waals surface area contributed by atoms with Crippen LogP contribution >= 0.6 is 0 Å². The van der Waals surface area contributed by atoms with Crippen molar-refractivity contribution in [2.75, 3.05) is 45.7 Å². The van der Waals surface area contributed by atoms with Crippen LogP contribution in [0.1, 0.15) is 38.0 Å². The molecule has 2 aromatic carbocycles. The number of sulfonamides is 1. The van der Waals surface area contributed by atoms with Gasteiger partial charge < -0.3 is 19.7 Å². The molecule has 1 fully saturated rings. The minimum atomic E-state index is -3.91. The Morgan fingerprint density at radius 2 is 1.51 bits per heavy atom. The minimum Gasteiger partial charge on any atom is -0.465 e. The van der Waals surface area contributed by atoms with Gasteiger partial charge in [0.25, 0.3) is 5.91 Å². The highest BCUT2D eigenvalue weighted by molar-refractivity contribution is 7.89. The van der Waals surface area contributed by atoms with Gasteiger partial charge in [0.2, 0.25) is 15.9 Å². The van der Waals surface area contributed by atoms with E-state index in [4.69, 9.17) is 4.74 Å². The van der Waals surface area contributed by atoms with E-state index in [-0.39, 0.29) is 59.4 Å². The molecule has 12 heteroatoms. The van der Waals surface area contributed by atoms with Crippen molar-refractivity contribution in [2.24, 2.45) is 0 Å². The minimum absolute atomic E-state index is 0.000575. The lowest BCUT2D eigenvalue weighted by molar-refractivity contribution is -0.129. The topological polar surface area (TPSA) is 139 Å². The second-order valence-electron chi connectivity index (χ2n) is 7.64. The molecule has 3 rings (SSSR count). The van der Waals surface area contributed by atoms with E-state index in [0.29, 0.717) is 0 Å². The number of amides is 2. The summed E-state index contributed by atoms with van der Waals surface area (Å²) in [6, 6.07) is 9.39. The zero-order chi connectivity index (χ0) is 25.8. The van der Waals surface area contributed by atoms with Crippen molar-refractivity contribution in [3.8, 4) is 0 Å². The molecule has 0 aromatic heterocycles. The van der Waals surface area contributed by atoms with Crippen LogP contribution < -0.4 is 5.32 Å². The summed E-state index contributed by atoms with van der Waals surface area (Å²) in [4.78, 5) is 50.0. The molecule has 1 saturated heterocycles. The van der Waals surface area contributed by atoms with Gasteiger partial charge in [0.15, 0.2) is 0 Å². The first kappa shape index (κ1) is 25.8. The molecule has 0 radical (unpaired) electrons. The van der Waals surface area contributed by atoms with Gasteiger partial charge in [-0.3, -0.25) is 9.59 Å². The molecule has 2 aromatic rings. The van der Waals surface area contributed by atoms with E-state index < -0.39 is 27.9 Å². The number of carbonyl (C=O) groups is 4. The Morgan fingerprint density at radius 3 is 2.11 bits per heavy atom. The van der Waals surface area contributed by atoms with Crippen molar-refractivity contribution in [2.45, 2.75) is 11.8 Å². The molecule has 0 aliphatic carbocycles. The van der Waals surface area contributed by atoms with E-state index in [0.717, 1.165) is 0 Å². The van der Waals surface area contributed by atoms with Gasteiger partial charge in [-0.15, -0.1) is 0 Å². The molecule has 1 heterocycles. The van der Waals surface area contributed by atoms with Crippen LogP contribution in [0.4, 0.5) is 5.69 Å². The van der Waals surface area contributed by atoms with Gasteiger partial charge in [-0.25, -0.2) is 18.0 Å². The van der Waals surface area contributed by atoms with Crippen LogP contribution in [-0.2, 0) is 24.3 Å². The standard InChI is InChI=1S/C23H25N3O8S/c1-15(27)25-9-11-26(12-10-25)35(31,32)18-6-4-5-16(13-18)21(28)24-20-14-17(22(29)33-2)7-8-19(20)23(30)34-3/h4-8,13-14H,9-12H2,1-3H3,(H,24,28). The third kappa shape index (κ3) is 5.66. The van der Waals surface area contributed by atoms with Crippen molar-refractivity contribution < 1.29 is 37.1 Å². The Balaban J connectivity index is 1.86. The van der Waals surface area contributed by atoms with Crippen molar-refractivity contribution in [3.63, 3.8) is 0 Å². The summed E-state index contributed by atoms with van der Waals surface area (Å²) in [6.07, 6.45) is 0. The van der Waals surface area contributed by atoms with E-state index in [2.05, 4.69) is 10.1 Å². The molecule has 1 N–H and O–H groups in total. The second-order valence-corrected chi connectivity index (χ2v) is 9.57. The largest absolute Gasteiger partial charge is 0.465 e. The van der Waals surface area contributed by atoms with Gasteiger partial charge in [0.05, 0.1) is 35.9 Å². The highest BCUT2D eigenvalue weighted by Gasteiger charge is 2.30. The zero-order valence-electron chi connectivity index (χ0n) is 19.4. The molecule has 1 aliphatic rings. The molecular weight excluding hydrogens is 478 g/mol. The van der Waals surface area contributed by atoms with Crippen LogP contribution in [0.3, 0.4) is 0 Å². The molecule has 2 amide bonds. The highest BCUT2D eigenvalue weighted by Crippen LogP contribution is 2.23. The smallest absolute Gasteiger partial charge is 0.339 e. The van der Waals surface area contributed by atoms with Crippen molar-refractivity contribution in [1.29, 1.82) is 0 Å². The van der Waals surface area contributed by atoms with E-state index >= 15 is 0 Å². The molecular formula is C23H25N3O8S. The number of esters is 2. The molecule has 0 unspecified atom stereocenters. The Hall–Kier alpha value is -3.77. The van der Waals surface area contributed by atoms with E-state index in [1.54, 1.807) is 4.90 Å². The number of nitrogens with one attached hydrogen (secondary N) is 1. The summed E-state index contributed by atoms with van der Waals surface area (Å²) >= 11 is 0. The Labute approximate surface area is 202 Å². The number of methoxy groups -OCH3 is 2. The van der Waals surface area contributed by atoms with Crippen LogP contribution in [0.2, 0.25) is 0 Å². The molecule has 0 atom stereocenters. The monoisotopic (exact) mass is 503 g/mol. The van der Waals surface area contributed by atoms with Crippen LogP contribution in [0, 0.1) is 0 Å². The van der Waals surface area contributed by atoms with Crippen molar-refractivity contribution in [3.05, 3.63) is 59.2 Å². The third-order valence-corrected chi connectivity index (χ3v) is 7.41. The SMILES string of the molecule is COC(=O)c1ccc(C(=O)OC)c(NC(=O)c2cccc(S(=O)(=O)N3CCN(C(C)=O)CC3)c2)c1. The molecule has 186 valence electrons. The lowest BCUT2D eigenvalue weighted by atomic mass is 10.1. The zero-order valence-corrected chi connectivity index (χ0v) is 20.3. The van der Waals surface area contributed by atoms with Gasteiger partial charge in [-0.05, 0) is 36.4 Å². The number of hydrogen-bond donors (Lipinski definition) is 1. The molecule has 35 heavy (non-hydrogen) atoms. The summed E-state index contributed by atoms with van der Waals surface area (Å²) in [5.41, 5.74) is 0.114. The molecule has 0 spiro atoms. The number of piperazine rings is 1. The van der Waals surface area contributed by atoms with Crippen LogP contribution in [0.15, 0.2) is 47.4 Å². The molecule has 0 bridgehead atoms. The maximum absolute atomic E-state index is 13.1. The summed E-state index contributed by atoms with van der Waals surface area (Å²) in [5, 5.41) is 2.54.